The van der Waals surface area contributed by atoms with Gasteiger partial charge in [-0.1, -0.05) is 6.92 Å². The number of nitrogens with one attached hydrogen (secondary N) is 1. The van der Waals surface area contributed by atoms with E-state index in [4.69, 9.17) is 20.4 Å². The average molecular weight is 221 g/mol. The maximum absolute atomic E-state index is 10.7. The first-order valence-electron chi connectivity index (χ1n) is 4.75. The number of carbonyl (C=O) groups is 1. The number of rotatable bonds is 7. The molecule has 0 saturated carbocycles. The number of aliphatic carboxylic acids is 1. The third-order valence-electron chi connectivity index (χ3n) is 2.58. The Morgan fingerprint density at radius 3 is 1.87 bits per heavy atom. The van der Waals surface area contributed by atoms with Crippen LogP contribution in [0.2, 0.25) is 0 Å². The highest BCUT2D eigenvalue weighted by Crippen LogP contribution is 2.09. The molecule has 0 heterocycles. The fourth-order valence-corrected chi connectivity index (χ4v) is 1.11. The summed E-state index contributed by atoms with van der Waals surface area (Å²) in [5.41, 5.74) is -1.23. The number of aliphatic hydroxyl groups is 3. The van der Waals surface area contributed by atoms with E-state index in [1.54, 1.807) is 6.92 Å². The van der Waals surface area contributed by atoms with Gasteiger partial charge in [-0.3, -0.25) is 4.79 Å². The number of hydrogen-bond donors (Lipinski definition) is 5. The lowest BCUT2D eigenvalue weighted by molar-refractivity contribution is -0.142. The Bertz CT molecular complexity index is 196. The molecule has 0 aromatic rings. The second-order valence-electron chi connectivity index (χ2n) is 3.81. The van der Waals surface area contributed by atoms with Crippen LogP contribution in [0.3, 0.4) is 0 Å². The third-order valence-corrected chi connectivity index (χ3v) is 2.58. The zero-order valence-electron chi connectivity index (χ0n) is 8.97. The molecule has 0 aromatic carbocycles. The molecule has 0 fully saturated rings. The normalized spacial score (nSPS) is 16.1. The average Bonchev–Trinajstić information content (AvgIpc) is 2.24. The molecule has 6 nitrogen and oxygen atoms in total. The highest BCUT2D eigenvalue weighted by atomic mass is 16.4. The molecule has 0 aromatic heterocycles. The number of aliphatic hydroxyl groups excluding tert-OH is 3. The SMILES string of the molecule is CC(NC(CO)(CO)CO)C(C)C(=O)O. The van der Waals surface area contributed by atoms with Crippen LogP contribution in [0.15, 0.2) is 0 Å². The van der Waals surface area contributed by atoms with Crippen molar-refractivity contribution in [3.8, 4) is 0 Å². The first-order chi connectivity index (χ1) is 6.92. The maximum Gasteiger partial charge on any atom is 0.307 e. The molecular weight excluding hydrogens is 202 g/mol. The van der Waals surface area contributed by atoms with Crippen LogP contribution >= 0.6 is 0 Å². The van der Waals surface area contributed by atoms with E-state index in [1.807, 2.05) is 0 Å². The van der Waals surface area contributed by atoms with E-state index in [9.17, 15) is 4.79 Å². The second-order valence-corrected chi connectivity index (χ2v) is 3.81. The van der Waals surface area contributed by atoms with Crippen molar-refractivity contribution in [1.29, 1.82) is 0 Å². The number of carboxylic acids is 1. The van der Waals surface area contributed by atoms with Gasteiger partial charge in [0, 0.05) is 6.04 Å². The summed E-state index contributed by atoms with van der Waals surface area (Å²) >= 11 is 0. The van der Waals surface area contributed by atoms with E-state index in [-0.39, 0.29) is 0 Å². The first kappa shape index (κ1) is 14.3. The Morgan fingerprint density at radius 2 is 1.60 bits per heavy atom. The minimum absolute atomic E-state index is 0.462. The molecule has 0 aliphatic heterocycles. The molecule has 5 N–H and O–H groups in total. The summed E-state index contributed by atoms with van der Waals surface area (Å²) in [7, 11) is 0. The molecule has 0 radical (unpaired) electrons. The fraction of sp³-hybridized carbons (Fsp3) is 0.889. The topological polar surface area (TPSA) is 110 Å². The molecule has 2 atom stereocenters. The lowest BCUT2D eigenvalue weighted by Crippen LogP contribution is -2.59. The number of carboxylic acid groups (broad SMARTS) is 1. The van der Waals surface area contributed by atoms with Crippen LogP contribution in [0.4, 0.5) is 0 Å². The summed E-state index contributed by atoms with van der Waals surface area (Å²) in [6.07, 6.45) is 0. The molecule has 0 bridgehead atoms. The van der Waals surface area contributed by atoms with Gasteiger partial charge in [0.15, 0.2) is 0 Å². The zero-order chi connectivity index (χ0) is 12.1. The van der Waals surface area contributed by atoms with E-state index in [0.29, 0.717) is 0 Å². The Balaban J connectivity index is 4.47. The Hall–Kier alpha value is -0.690. The minimum Gasteiger partial charge on any atom is -0.481 e. The van der Waals surface area contributed by atoms with E-state index in [0.717, 1.165) is 0 Å². The Labute approximate surface area is 88.5 Å². The largest absolute Gasteiger partial charge is 0.481 e. The van der Waals surface area contributed by atoms with E-state index < -0.39 is 43.3 Å². The van der Waals surface area contributed by atoms with Gasteiger partial charge in [0.05, 0.1) is 31.3 Å². The van der Waals surface area contributed by atoms with E-state index >= 15 is 0 Å². The van der Waals surface area contributed by atoms with Gasteiger partial charge in [-0.25, -0.2) is 0 Å². The summed E-state index contributed by atoms with van der Waals surface area (Å²) < 4.78 is 0. The van der Waals surface area contributed by atoms with Crippen LogP contribution in [0, 0.1) is 5.92 Å². The quantitative estimate of drug-likeness (QED) is 0.354. The van der Waals surface area contributed by atoms with Crippen LogP contribution in [0.1, 0.15) is 13.8 Å². The van der Waals surface area contributed by atoms with Crippen molar-refractivity contribution in [2.24, 2.45) is 5.92 Å². The summed E-state index contributed by atoms with van der Waals surface area (Å²) in [4.78, 5) is 10.7. The van der Waals surface area contributed by atoms with Crippen molar-refractivity contribution in [3.63, 3.8) is 0 Å². The second kappa shape index (κ2) is 6.02. The van der Waals surface area contributed by atoms with Gasteiger partial charge in [-0.15, -0.1) is 0 Å². The third kappa shape index (κ3) is 3.75. The zero-order valence-corrected chi connectivity index (χ0v) is 8.97. The molecule has 0 rings (SSSR count). The smallest absolute Gasteiger partial charge is 0.307 e. The minimum atomic E-state index is -1.23. The highest BCUT2D eigenvalue weighted by Gasteiger charge is 2.32. The molecule has 0 spiro atoms. The van der Waals surface area contributed by atoms with Crippen molar-refractivity contribution in [1.82, 2.24) is 5.32 Å². The predicted octanol–water partition coefficient (Wildman–Crippen LogP) is -1.60. The van der Waals surface area contributed by atoms with Gasteiger partial charge in [0.1, 0.15) is 0 Å². The highest BCUT2D eigenvalue weighted by molar-refractivity contribution is 5.70. The van der Waals surface area contributed by atoms with Gasteiger partial charge >= 0.3 is 5.97 Å². The predicted molar refractivity (Wildman–Crippen MR) is 53.4 cm³/mol. The molecule has 0 saturated heterocycles. The summed E-state index contributed by atoms with van der Waals surface area (Å²) in [5.74, 6) is -1.65. The lowest BCUT2D eigenvalue weighted by Gasteiger charge is -2.33. The molecule has 0 aliphatic carbocycles. The monoisotopic (exact) mass is 221 g/mol. The summed E-state index contributed by atoms with van der Waals surface area (Å²) in [6.45, 7) is 1.75. The van der Waals surface area contributed by atoms with Crippen molar-refractivity contribution >= 4 is 5.97 Å². The van der Waals surface area contributed by atoms with Gasteiger partial charge in [0.2, 0.25) is 0 Å². The fourth-order valence-electron chi connectivity index (χ4n) is 1.11. The first-order valence-corrected chi connectivity index (χ1v) is 4.75. The van der Waals surface area contributed by atoms with Crippen LogP contribution < -0.4 is 5.32 Å². The molecule has 2 unspecified atom stereocenters. The van der Waals surface area contributed by atoms with Gasteiger partial charge < -0.3 is 25.7 Å². The van der Waals surface area contributed by atoms with Crippen LogP contribution in [0.5, 0.6) is 0 Å². The van der Waals surface area contributed by atoms with Crippen LogP contribution in [0.25, 0.3) is 0 Å². The molecule has 0 amide bonds. The van der Waals surface area contributed by atoms with E-state index in [2.05, 4.69) is 5.32 Å². The molecule has 6 heteroatoms. The van der Waals surface area contributed by atoms with E-state index in [1.165, 1.54) is 6.92 Å². The molecular formula is C9H19NO5. The Morgan fingerprint density at radius 1 is 1.20 bits per heavy atom. The molecule has 15 heavy (non-hydrogen) atoms. The van der Waals surface area contributed by atoms with Crippen LogP contribution in [-0.4, -0.2) is 57.8 Å². The number of hydrogen-bond acceptors (Lipinski definition) is 5. The van der Waals surface area contributed by atoms with Gasteiger partial charge in [0.25, 0.3) is 0 Å². The summed E-state index contributed by atoms with van der Waals surface area (Å²) in [5, 5.41) is 38.5. The standard InChI is InChI=1S/C9H19NO5/c1-6(8(14)15)7(2)10-9(3-11,4-12)5-13/h6-7,10-13H,3-5H2,1-2H3,(H,14,15). The lowest BCUT2D eigenvalue weighted by atomic mass is 9.97. The van der Waals surface area contributed by atoms with Crippen molar-refractivity contribution < 1.29 is 25.2 Å². The van der Waals surface area contributed by atoms with Crippen molar-refractivity contribution in [3.05, 3.63) is 0 Å². The summed E-state index contributed by atoms with van der Waals surface area (Å²) in [6, 6.07) is -0.464. The molecule has 0 aliphatic rings. The Kier molecular flexibility index (Phi) is 5.74. The van der Waals surface area contributed by atoms with Crippen molar-refractivity contribution in [2.75, 3.05) is 19.8 Å². The maximum atomic E-state index is 10.7. The van der Waals surface area contributed by atoms with Gasteiger partial charge in [-0.05, 0) is 6.92 Å². The molecule has 90 valence electrons. The van der Waals surface area contributed by atoms with Crippen molar-refractivity contribution in [2.45, 2.75) is 25.4 Å². The van der Waals surface area contributed by atoms with Crippen LogP contribution in [-0.2, 0) is 4.79 Å². The van der Waals surface area contributed by atoms with Gasteiger partial charge in [-0.2, -0.15) is 0 Å².